The molecule has 23 heavy (non-hydrogen) atoms. The summed E-state index contributed by atoms with van der Waals surface area (Å²) in [5.74, 6) is 1.46. The second-order valence-electron chi connectivity index (χ2n) is 6.63. The van der Waals surface area contributed by atoms with Gasteiger partial charge in [-0.15, -0.1) is 0 Å². The van der Waals surface area contributed by atoms with Crippen LogP contribution in [-0.4, -0.2) is 30.1 Å². The Bertz CT molecular complexity index is 650. The molecule has 5 nitrogen and oxygen atoms in total. The van der Waals surface area contributed by atoms with Gasteiger partial charge < -0.3 is 15.1 Å². The Kier molecular flexibility index (Phi) is 5.42. The largest absolute Gasteiger partial charge is 0.444 e. The molecule has 2 rings (SSSR count). The van der Waals surface area contributed by atoms with Gasteiger partial charge >= 0.3 is 0 Å². The fraction of sp³-hybridized carbons (Fsp3) is 0.444. The maximum Gasteiger partial charge on any atom is 0.226 e. The molecule has 1 heterocycles. The van der Waals surface area contributed by atoms with Crippen molar-refractivity contribution in [3.63, 3.8) is 0 Å². The third-order valence-corrected chi connectivity index (χ3v) is 3.24. The summed E-state index contributed by atoms with van der Waals surface area (Å²) in [5, 5.41) is 6.61. The molecule has 0 radical (unpaired) electrons. The first-order chi connectivity index (χ1) is 10.9. The van der Waals surface area contributed by atoms with Crippen molar-refractivity contribution >= 4 is 5.96 Å². The Morgan fingerprint density at radius 2 is 1.91 bits per heavy atom. The van der Waals surface area contributed by atoms with Crippen LogP contribution < -0.4 is 10.6 Å². The van der Waals surface area contributed by atoms with Crippen molar-refractivity contribution in [1.29, 1.82) is 0 Å². The molecule has 0 fully saturated rings. The lowest BCUT2D eigenvalue weighted by molar-refractivity contribution is 0.501. The molecule has 0 atom stereocenters. The third-order valence-electron chi connectivity index (χ3n) is 3.24. The van der Waals surface area contributed by atoms with Crippen LogP contribution in [0.2, 0.25) is 0 Å². The molecule has 0 aliphatic carbocycles. The molecule has 0 aliphatic rings. The summed E-state index contributed by atoms with van der Waals surface area (Å²) < 4.78 is 5.57. The first kappa shape index (κ1) is 17.1. The predicted molar refractivity (Wildman–Crippen MR) is 94.6 cm³/mol. The van der Waals surface area contributed by atoms with Crippen molar-refractivity contribution in [3.8, 4) is 11.5 Å². The van der Waals surface area contributed by atoms with Crippen LogP contribution in [0.1, 0.15) is 32.0 Å². The lowest BCUT2D eigenvalue weighted by Crippen LogP contribution is -2.48. The molecule has 1 aromatic carbocycles. The zero-order valence-corrected chi connectivity index (χ0v) is 14.6. The molecule has 5 heteroatoms. The lowest BCUT2D eigenvalue weighted by atomic mass is 10.1. The number of oxazole rings is 1. The SMILES string of the molecule is CN=C(NCCc1coc(-c2ccc(C)cc2)n1)NC(C)(C)C. The van der Waals surface area contributed by atoms with E-state index in [0.29, 0.717) is 5.89 Å². The second kappa shape index (κ2) is 7.31. The minimum Gasteiger partial charge on any atom is -0.444 e. The lowest BCUT2D eigenvalue weighted by Gasteiger charge is -2.23. The third kappa shape index (κ3) is 5.43. The molecule has 124 valence electrons. The normalized spacial score (nSPS) is 12.3. The van der Waals surface area contributed by atoms with Gasteiger partial charge in [0, 0.05) is 31.1 Å². The van der Waals surface area contributed by atoms with E-state index in [-0.39, 0.29) is 5.54 Å². The number of hydrogen-bond acceptors (Lipinski definition) is 3. The van der Waals surface area contributed by atoms with Crippen molar-refractivity contribution in [2.24, 2.45) is 4.99 Å². The first-order valence-electron chi connectivity index (χ1n) is 7.88. The molecule has 0 amide bonds. The van der Waals surface area contributed by atoms with Gasteiger partial charge in [-0.2, -0.15) is 0 Å². The molecule has 0 saturated carbocycles. The standard InChI is InChI=1S/C18H26N4O/c1-13-6-8-14(9-7-13)16-21-15(12-23-16)10-11-20-17(19-5)22-18(2,3)4/h6-9,12H,10-11H2,1-5H3,(H2,19,20,22). The van der Waals surface area contributed by atoms with Crippen molar-refractivity contribution in [3.05, 3.63) is 41.8 Å². The monoisotopic (exact) mass is 314 g/mol. The van der Waals surface area contributed by atoms with Crippen LogP contribution in [0.25, 0.3) is 11.5 Å². The molecule has 0 unspecified atom stereocenters. The van der Waals surface area contributed by atoms with E-state index in [4.69, 9.17) is 4.42 Å². The zero-order chi connectivity index (χ0) is 16.9. The molecule has 0 saturated heterocycles. The van der Waals surface area contributed by atoms with Gasteiger partial charge in [0.2, 0.25) is 5.89 Å². The molecule has 2 aromatic rings. The fourth-order valence-electron chi connectivity index (χ4n) is 2.09. The van der Waals surface area contributed by atoms with Gasteiger partial charge in [0.25, 0.3) is 0 Å². The van der Waals surface area contributed by atoms with Crippen LogP contribution >= 0.6 is 0 Å². The summed E-state index contributed by atoms with van der Waals surface area (Å²) >= 11 is 0. The summed E-state index contributed by atoms with van der Waals surface area (Å²) in [4.78, 5) is 8.76. The van der Waals surface area contributed by atoms with Crippen molar-refractivity contribution in [2.75, 3.05) is 13.6 Å². The molecule has 0 spiro atoms. The molecular formula is C18H26N4O. The maximum absolute atomic E-state index is 5.57. The number of nitrogens with one attached hydrogen (secondary N) is 2. The smallest absolute Gasteiger partial charge is 0.226 e. The summed E-state index contributed by atoms with van der Waals surface area (Å²) in [5.41, 5.74) is 3.13. The molecular weight excluding hydrogens is 288 g/mol. The summed E-state index contributed by atoms with van der Waals surface area (Å²) in [7, 11) is 1.77. The highest BCUT2D eigenvalue weighted by molar-refractivity contribution is 5.80. The average molecular weight is 314 g/mol. The number of guanidine groups is 1. The average Bonchev–Trinajstić information content (AvgIpc) is 2.94. The number of aromatic nitrogens is 1. The van der Waals surface area contributed by atoms with E-state index in [9.17, 15) is 0 Å². The minimum absolute atomic E-state index is 0.0195. The Hall–Kier alpha value is -2.30. The van der Waals surface area contributed by atoms with E-state index in [2.05, 4.69) is 60.4 Å². The van der Waals surface area contributed by atoms with Crippen molar-refractivity contribution in [1.82, 2.24) is 15.6 Å². The predicted octanol–water partition coefficient (Wildman–Crippen LogP) is 3.16. The summed E-state index contributed by atoms with van der Waals surface area (Å²) in [6.45, 7) is 9.12. The maximum atomic E-state index is 5.57. The number of benzene rings is 1. The highest BCUT2D eigenvalue weighted by atomic mass is 16.3. The highest BCUT2D eigenvalue weighted by Crippen LogP contribution is 2.19. The van der Waals surface area contributed by atoms with Gasteiger partial charge in [0.05, 0.1) is 5.69 Å². The van der Waals surface area contributed by atoms with Crippen LogP contribution in [0.4, 0.5) is 0 Å². The summed E-state index contributed by atoms with van der Waals surface area (Å²) in [6, 6.07) is 8.17. The Morgan fingerprint density at radius 3 is 2.52 bits per heavy atom. The molecule has 2 N–H and O–H groups in total. The minimum atomic E-state index is -0.0195. The molecule has 0 aliphatic heterocycles. The zero-order valence-electron chi connectivity index (χ0n) is 14.6. The van der Waals surface area contributed by atoms with Crippen LogP contribution in [0.5, 0.6) is 0 Å². The van der Waals surface area contributed by atoms with E-state index in [0.717, 1.165) is 30.2 Å². The van der Waals surface area contributed by atoms with Crippen LogP contribution in [-0.2, 0) is 6.42 Å². The fourth-order valence-corrected chi connectivity index (χ4v) is 2.09. The second-order valence-corrected chi connectivity index (χ2v) is 6.63. The number of aliphatic imine (C=N–C) groups is 1. The van der Waals surface area contributed by atoms with E-state index < -0.39 is 0 Å². The molecule has 1 aromatic heterocycles. The van der Waals surface area contributed by atoms with Gasteiger partial charge in [-0.3, -0.25) is 4.99 Å². The van der Waals surface area contributed by atoms with Crippen molar-refractivity contribution in [2.45, 2.75) is 39.7 Å². The van der Waals surface area contributed by atoms with Crippen LogP contribution in [0.15, 0.2) is 39.9 Å². The molecule has 0 bridgehead atoms. The quantitative estimate of drug-likeness (QED) is 0.672. The van der Waals surface area contributed by atoms with Gasteiger partial charge in [0.1, 0.15) is 6.26 Å². The number of rotatable bonds is 4. The van der Waals surface area contributed by atoms with E-state index >= 15 is 0 Å². The van der Waals surface area contributed by atoms with Gasteiger partial charge in [-0.25, -0.2) is 4.98 Å². The Morgan fingerprint density at radius 1 is 1.22 bits per heavy atom. The Labute approximate surface area is 138 Å². The number of nitrogens with zero attached hydrogens (tertiary/aromatic N) is 2. The van der Waals surface area contributed by atoms with Gasteiger partial charge in [0.15, 0.2) is 5.96 Å². The van der Waals surface area contributed by atoms with Gasteiger partial charge in [-0.05, 0) is 39.8 Å². The number of hydrogen-bond donors (Lipinski definition) is 2. The van der Waals surface area contributed by atoms with E-state index in [1.165, 1.54) is 5.56 Å². The van der Waals surface area contributed by atoms with Gasteiger partial charge in [-0.1, -0.05) is 17.7 Å². The topological polar surface area (TPSA) is 62.5 Å². The Balaban J connectivity index is 1.89. The van der Waals surface area contributed by atoms with Crippen LogP contribution in [0.3, 0.4) is 0 Å². The van der Waals surface area contributed by atoms with Crippen molar-refractivity contribution < 1.29 is 4.42 Å². The van der Waals surface area contributed by atoms with E-state index in [1.807, 2.05) is 12.1 Å². The van der Waals surface area contributed by atoms with E-state index in [1.54, 1.807) is 13.3 Å². The highest BCUT2D eigenvalue weighted by Gasteiger charge is 2.12. The van der Waals surface area contributed by atoms with Crippen LogP contribution in [0, 0.1) is 6.92 Å². The summed E-state index contributed by atoms with van der Waals surface area (Å²) in [6.07, 6.45) is 2.50. The first-order valence-corrected chi connectivity index (χ1v) is 7.88. The number of aryl methyl sites for hydroxylation is 1.